The van der Waals surface area contributed by atoms with Gasteiger partial charge in [0.1, 0.15) is 6.10 Å². The maximum absolute atomic E-state index is 13.1. The summed E-state index contributed by atoms with van der Waals surface area (Å²) in [6.45, 7) is 14.4. The van der Waals surface area contributed by atoms with Crippen molar-refractivity contribution in [3.63, 3.8) is 0 Å². The number of esters is 1. The van der Waals surface area contributed by atoms with Crippen molar-refractivity contribution in [2.45, 2.75) is 118 Å². The number of nitrogen functional groups attached to an aromatic ring is 2. The lowest BCUT2D eigenvalue weighted by Gasteiger charge is -2.58. The predicted molar refractivity (Wildman–Crippen MR) is 162 cm³/mol. The van der Waals surface area contributed by atoms with Crippen LogP contribution in [0.5, 0.6) is 0 Å². The Kier molecular flexibility index (Phi) is 7.90. The molecule has 4 heteroatoms. The zero-order valence-corrected chi connectivity index (χ0v) is 25.5. The van der Waals surface area contributed by atoms with Gasteiger partial charge in [0.15, 0.2) is 0 Å². The third-order valence-corrected chi connectivity index (χ3v) is 12.2. The van der Waals surface area contributed by atoms with Crippen molar-refractivity contribution in [1.82, 2.24) is 0 Å². The molecule has 3 fully saturated rings. The molecule has 0 aliphatic heterocycles. The zero-order chi connectivity index (χ0) is 28.1. The molecule has 4 nitrogen and oxygen atoms in total. The normalized spacial score (nSPS) is 36.5. The Morgan fingerprint density at radius 3 is 2.54 bits per heavy atom. The molecule has 216 valence electrons. The maximum Gasteiger partial charge on any atom is 0.338 e. The number of benzene rings is 1. The van der Waals surface area contributed by atoms with Gasteiger partial charge in [0.25, 0.3) is 0 Å². The van der Waals surface area contributed by atoms with Crippen LogP contribution in [0.1, 0.15) is 121 Å². The van der Waals surface area contributed by atoms with Crippen LogP contribution in [-0.4, -0.2) is 12.1 Å². The van der Waals surface area contributed by atoms with Crippen LogP contribution < -0.4 is 11.5 Å². The van der Waals surface area contributed by atoms with Crippen molar-refractivity contribution in [2.75, 3.05) is 11.5 Å². The summed E-state index contributed by atoms with van der Waals surface area (Å²) in [7, 11) is 0. The van der Waals surface area contributed by atoms with Crippen LogP contribution in [0.2, 0.25) is 0 Å². The number of carbonyl (C=O) groups is 1. The van der Waals surface area contributed by atoms with Gasteiger partial charge in [-0.05, 0) is 116 Å². The highest BCUT2D eigenvalue weighted by Crippen LogP contribution is 2.67. The monoisotopic (exact) mass is 534 g/mol. The SMILES string of the molecule is Cc1c(N)cc(N)cc1C(=O)OC1CCC2(C)C(=CCC3C2CCC2(C)C(C(C)CCCC(C)C)CCC32)C1. The van der Waals surface area contributed by atoms with Crippen molar-refractivity contribution < 1.29 is 9.53 Å². The Bertz CT molecular complexity index is 1110. The smallest absolute Gasteiger partial charge is 0.338 e. The van der Waals surface area contributed by atoms with Crippen LogP contribution in [0.15, 0.2) is 23.8 Å². The van der Waals surface area contributed by atoms with E-state index in [1.165, 1.54) is 51.4 Å². The van der Waals surface area contributed by atoms with Gasteiger partial charge in [-0.25, -0.2) is 4.79 Å². The molecular formula is C35H54N2O2. The Morgan fingerprint density at radius 1 is 1.03 bits per heavy atom. The van der Waals surface area contributed by atoms with Crippen molar-refractivity contribution in [3.8, 4) is 0 Å². The molecule has 0 saturated heterocycles. The largest absolute Gasteiger partial charge is 0.458 e. The Labute approximate surface area is 237 Å². The highest BCUT2D eigenvalue weighted by molar-refractivity contribution is 5.94. The lowest BCUT2D eigenvalue weighted by Crippen LogP contribution is -2.51. The van der Waals surface area contributed by atoms with E-state index in [1.54, 1.807) is 17.7 Å². The molecule has 5 rings (SSSR count). The van der Waals surface area contributed by atoms with Gasteiger partial charge < -0.3 is 16.2 Å². The first-order valence-electron chi connectivity index (χ1n) is 16.0. The Hall–Kier alpha value is -1.97. The molecular weight excluding hydrogens is 480 g/mol. The summed E-state index contributed by atoms with van der Waals surface area (Å²) in [5.74, 6) is 4.75. The predicted octanol–water partition coefficient (Wildman–Crippen LogP) is 8.73. The number of allylic oxidation sites excluding steroid dienone is 1. The molecule has 3 saturated carbocycles. The molecule has 4 N–H and O–H groups in total. The van der Waals surface area contributed by atoms with E-state index in [2.05, 4.69) is 40.7 Å². The first kappa shape index (κ1) is 28.6. The molecule has 0 bridgehead atoms. The third kappa shape index (κ3) is 5.15. The summed E-state index contributed by atoms with van der Waals surface area (Å²) in [5.41, 5.74) is 16.7. The molecule has 0 heterocycles. The Balaban J connectivity index is 1.26. The van der Waals surface area contributed by atoms with E-state index in [1.807, 2.05) is 6.92 Å². The van der Waals surface area contributed by atoms with E-state index in [0.29, 0.717) is 22.4 Å². The molecule has 0 spiro atoms. The van der Waals surface area contributed by atoms with Crippen LogP contribution in [0, 0.1) is 53.3 Å². The van der Waals surface area contributed by atoms with E-state index in [4.69, 9.17) is 16.2 Å². The summed E-state index contributed by atoms with van der Waals surface area (Å²) in [4.78, 5) is 13.1. The van der Waals surface area contributed by atoms with Gasteiger partial charge in [0.05, 0.1) is 5.56 Å². The second kappa shape index (κ2) is 10.8. The summed E-state index contributed by atoms with van der Waals surface area (Å²) in [5, 5.41) is 0. The minimum Gasteiger partial charge on any atom is -0.458 e. The van der Waals surface area contributed by atoms with Gasteiger partial charge in [-0.1, -0.05) is 65.5 Å². The van der Waals surface area contributed by atoms with Crippen molar-refractivity contribution >= 4 is 17.3 Å². The minimum atomic E-state index is -0.290. The minimum absolute atomic E-state index is 0.0631. The van der Waals surface area contributed by atoms with Gasteiger partial charge in [-0.15, -0.1) is 0 Å². The van der Waals surface area contributed by atoms with E-state index >= 15 is 0 Å². The Morgan fingerprint density at radius 2 is 1.79 bits per heavy atom. The first-order valence-corrected chi connectivity index (χ1v) is 16.0. The molecule has 39 heavy (non-hydrogen) atoms. The highest BCUT2D eigenvalue weighted by Gasteiger charge is 2.59. The van der Waals surface area contributed by atoms with Crippen LogP contribution in [0.4, 0.5) is 11.4 Å². The summed E-state index contributed by atoms with van der Waals surface area (Å²) >= 11 is 0. The lowest BCUT2D eigenvalue weighted by atomic mass is 9.47. The molecule has 0 aromatic heterocycles. The third-order valence-electron chi connectivity index (χ3n) is 12.2. The van der Waals surface area contributed by atoms with Crippen LogP contribution in [-0.2, 0) is 4.74 Å². The number of ether oxygens (including phenoxy) is 1. The number of hydrogen-bond acceptors (Lipinski definition) is 4. The second-order valence-corrected chi connectivity index (χ2v) is 14.8. The standard InChI is InChI=1S/C35H54N2O2/c1-21(2)8-7-9-22(3)29-12-13-30-27-11-10-24-18-26(14-16-34(24,5)31(27)15-17-35(29,30)6)39-33(38)28-19-25(36)20-32(37)23(28)4/h10,19-22,26-27,29-31H,7-9,11-18,36-37H2,1-6H3. The van der Waals surface area contributed by atoms with Crippen molar-refractivity contribution in [3.05, 3.63) is 34.9 Å². The zero-order valence-electron chi connectivity index (χ0n) is 25.5. The van der Waals surface area contributed by atoms with Gasteiger partial charge in [-0.2, -0.15) is 0 Å². The van der Waals surface area contributed by atoms with Crippen molar-refractivity contribution in [2.24, 2.45) is 46.3 Å². The fourth-order valence-electron chi connectivity index (χ4n) is 9.94. The van der Waals surface area contributed by atoms with Crippen LogP contribution in [0.3, 0.4) is 0 Å². The molecule has 4 aliphatic carbocycles. The second-order valence-electron chi connectivity index (χ2n) is 14.8. The highest BCUT2D eigenvalue weighted by atomic mass is 16.5. The molecule has 1 aromatic rings. The topological polar surface area (TPSA) is 78.3 Å². The van der Waals surface area contributed by atoms with Crippen molar-refractivity contribution in [1.29, 1.82) is 0 Å². The average Bonchev–Trinajstić information content (AvgIpc) is 3.23. The summed E-state index contributed by atoms with van der Waals surface area (Å²) in [6, 6.07) is 3.40. The van der Waals surface area contributed by atoms with E-state index < -0.39 is 0 Å². The summed E-state index contributed by atoms with van der Waals surface area (Å²) in [6.07, 6.45) is 16.5. The number of hydrogen-bond donors (Lipinski definition) is 2. The number of nitrogens with two attached hydrogens (primary N) is 2. The lowest BCUT2D eigenvalue weighted by molar-refractivity contribution is -0.0594. The number of carbonyl (C=O) groups excluding carboxylic acids is 1. The van der Waals surface area contributed by atoms with Crippen LogP contribution in [0.25, 0.3) is 0 Å². The molecule has 8 atom stereocenters. The van der Waals surface area contributed by atoms with Gasteiger partial charge >= 0.3 is 5.97 Å². The van der Waals surface area contributed by atoms with E-state index in [9.17, 15) is 4.79 Å². The van der Waals surface area contributed by atoms with E-state index in [-0.39, 0.29) is 17.5 Å². The number of fused-ring (bicyclic) bond motifs is 5. The fraction of sp³-hybridized carbons (Fsp3) is 0.743. The van der Waals surface area contributed by atoms with Gasteiger partial charge in [0.2, 0.25) is 0 Å². The number of rotatable bonds is 7. The molecule has 8 unspecified atom stereocenters. The fourth-order valence-corrected chi connectivity index (χ4v) is 9.94. The maximum atomic E-state index is 13.1. The van der Waals surface area contributed by atoms with Gasteiger partial charge in [-0.3, -0.25) is 0 Å². The number of anilines is 2. The van der Waals surface area contributed by atoms with E-state index in [0.717, 1.165) is 60.3 Å². The molecule has 4 aliphatic rings. The van der Waals surface area contributed by atoms with Gasteiger partial charge in [0, 0.05) is 17.8 Å². The average molecular weight is 535 g/mol. The van der Waals surface area contributed by atoms with Crippen LogP contribution >= 0.6 is 0 Å². The first-order chi connectivity index (χ1) is 18.4. The molecule has 1 aromatic carbocycles. The quantitative estimate of drug-likeness (QED) is 0.208. The molecule has 0 amide bonds. The molecule has 0 radical (unpaired) electrons. The summed E-state index contributed by atoms with van der Waals surface area (Å²) < 4.78 is 6.08.